The van der Waals surface area contributed by atoms with Crippen molar-refractivity contribution in [1.29, 1.82) is 0 Å². The largest absolute Gasteiger partial charge is 0.481 e. The van der Waals surface area contributed by atoms with Crippen molar-refractivity contribution in [2.24, 2.45) is 0 Å². The molecular formula is C11H9Cl3O2. The molecule has 1 atom stereocenters. The summed E-state index contributed by atoms with van der Waals surface area (Å²) in [4.78, 5) is 10.7. The molecule has 0 radical (unpaired) electrons. The third kappa shape index (κ3) is 4.44. The van der Waals surface area contributed by atoms with Crippen molar-refractivity contribution < 1.29 is 9.90 Å². The van der Waals surface area contributed by atoms with Gasteiger partial charge in [0, 0.05) is 10.9 Å². The van der Waals surface area contributed by atoms with Crippen LogP contribution in [0.25, 0.3) is 0 Å². The minimum Gasteiger partial charge on any atom is -0.481 e. The highest BCUT2D eigenvalue weighted by molar-refractivity contribution is 6.55. The van der Waals surface area contributed by atoms with Gasteiger partial charge in [-0.3, -0.25) is 4.79 Å². The van der Waals surface area contributed by atoms with E-state index in [1.165, 1.54) is 6.08 Å². The summed E-state index contributed by atoms with van der Waals surface area (Å²) >= 11 is 16.8. The van der Waals surface area contributed by atoms with Gasteiger partial charge in [0.05, 0.1) is 6.42 Å². The van der Waals surface area contributed by atoms with E-state index in [1.54, 1.807) is 24.3 Å². The van der Waals surface area contributed by atoms with Gasteiger partial charge in [-0.1, -0.05) is 46.9 Å². The first kappa shape index (κ1) is 13.4. The molecule has 1 rings (SSSR count). The second-order valence-corrected chi connectivity index (χ2v) is 4.66. The number of hydrogen-bond acceptors (Lipinski definition) is 1. The van der Waals surface area contributed by atoms with E-state index in [0.29, 0.717) is 5.02 Å². The van der Waals surface area contributed by atoms with Crippen LogP contribution in [0.4, 0.5) is 0 Å². The third-order valence-electron chi connectivity index (χ3n) is 2.02. The fourth-order valence-corrected chi connectivity index (χ4v) is 1.75. The summed E-state index contributed by atoms with van der Waals surface area (Å²) in [6.07, 6.45) is 1.44. The molecule has 0 aliphatic heterocycles. The van der Waals surface area contributed by atoms with E-state index in [4.69, 9.17) is 39.9 Å². The molecule has 1 aromatic rings. The fraction of sp³-hybridized carbons (Fsp3) is 0.182. The summed E-state index contributed by atoms with van der Waals surface area (Å²) in [5, 5.41) is 9.37. The molecule has 0 spiro atoms. The minimum atomic E-state index is -0.911. The lowest BCUT2D eigenvalue weighted by Gasteiger charge is -2.10. The second kappa shape index (κ2) is 6.14. The molecule has 0 aliphatic carbocycles. The van der Waals surface area contributed by atoms with Gasteiger partial charge in [0.15, 0.2) is 0 Å². The smallest absolute Gasteiger partial charge is 0.304 e. The molecule has 0 heterocycles. The predicted octanol–water partition coefficient (Wildman–Crippen LogP) is 4.22. The molecule has 0 fully saturated rings. The van der Waals surface area contributed by atoms with Gasteiger partial charge >= 0.3 is 5.97 Å². The summed E-state index contributed by atoms with van der Waals surface area (Å²) in [7, 11) is 0. The zero-order valence-corrected chi connectivity index (χ0v) is 10.4. The van der Waals surface area contributed by atoms with Gasteiger partial charge in [0.1, 0.15) is 4.49 Å². The van der Waals surface area contributed by atoms with Crippen LogP contribution in [-0.4, -0.2) is 11.1 Å². The Labute approximate surface area is 108 Å². The van der Waals surface area contributed by atoms with Crippen LogP contribution in [0.2, 0.25) is 5.02 Å². The normalized spacial score (nSPS) is 11.9. The summed E-state index contributed by atoms with van der Waals surface area (Å²) in [6, 6.07) is 6.90. The number of rotatable bonds is 4. The first-order valence-corrected chi connectivity index (χ1v) is 5.62. The average Bonchev–Trinajstić information content (AvgIpc) is 2.16. The Morgan fingerprint density at radius 3 is 2.31 bits per heavy atom. The van der Waals surface area contributed by atoms with Gasteiger partial charge in [-0.15, -0.1) is 0 Å². The Balaban J connectivity index is 2.96. The standard InChI is InChI=1S/C11H9Cl3O2/c12-9-3-1-7(2-4-9)8(5-10(13)14)6-11(15)16/h1-5,8H,6H2,(H,15,16). The number of allylic oxidation sites excluding steroid dienone is 1. The van der Waals surface area contributed by atoms with Crippen LogP contribution < -0.4 is 0 Å². The molecule has 0 bridgehead atoms. The average molecular weight is 280 g/mol. The molecule has 86 valence electrons. The molecule has 1 N–H and O–H groups in total. The van der Waals surface area contributed by atoms with Crippen molar-refractivity contribution in [1.82, 2.24) is 0 Å². The molecule has 1 aromatic carbocycles. The number of halogens is 3. The number of carboxylic acids is 1. The molecule has 0 amide bonds. The number of carbonyl (C=O) groups is 1. The summed E-state index contributed by atoms with van der Waals surface area (Å²) < 4.78 is 0.0567. The van der Waals surface area contributed by atoms with E-state index in [2.05, 4.69) is 0 Å². The van der Waals surface area contributed by atoms with Crippen molar-refractivity contribution >= 4 is 40.8 Å². The van der Waals surface area contributed by atoms with E-state index in [-0.39, 0.29) is 16.8 Å². The zero-order valence-electron chi connectivity index (χ0n) is 8.16. The van der Waals surface area contributed by atoms with Gasteiger partial charge < -0.3 is 5.11 Å². The van der Waals surface area contributed by atoms with Gasteiger partial charge in [-0.05, 0) is 23.8 Å². The lowest BCUT2D eigenvalue weighted by Crippen LogP contribution is -2.04. The quantitative estimate of drug-likeness (QED) is 0.896. The topological polar surface area (TPSA) is 37.3 Å². The van der Waals surface area contributed by atoms with E-state index in [0.717, 1.165) is 5.56 Å². The van der Waals surface area contributed by atoms with E-state index < -0.39 is 5.97 Å². The number of carboxylic acid groups (broad SMARTS) is 1. The maximum Gasteiger partial charge on any atom is 0.304 e. The molecule has 16 heavy (non-hydrogen) atoms. The van der Waals surface area contributed by atoms with Gasteiger partial charge in [-0.2, -0.15) is 0 Å². The molecular weight excluding hydrogens is 270 g/mol. The molecule has 0 saturated heterocycles. The van der Waals surface area contributed by atoms with E-state index >= 15 is 0 Å². The van der Waals surface area contributed by atoms with Crippen molar-refractivity contribution in [3.05, 3.63) is 45.4 Å². The third-order valence-corrected chi connectivity index (χ3v) is 2.52. The Morgan fingerprint density at radius 2 is 1.88 bits per heavy atom. The molecule has 5 heteroatoms. The number of hydrogen-bond donors (Lipinski definition) is 1. The van der Waals surface area contributed by atoms with Crippen LogP contribution in [0, 0.1) is 0 Å². The molecule has 2 nitrogen and oxygen atoms in total. The van der Waals surface area contributed by atoms with Crippen LogP contribution in [0.5, 0.6) is 0 Å². The maximum absolute atomic E-state index is 10.7. The molecule has 0 aromatic heterocycles. The summed E-state index contributed by atoms with van der Waals surface area (Å²) in [5.41, 5.74) is 0.811. The van der Waals surface area contributed by atoms with Crippen LogP contribution in [0.1, 0.15) is 17.9 Å². The molecule has 0 aliphatic rings. The maximum atomic E-state index is 10.7. The van der Waals surface area contributed by atoms with Crippen LogP contribution in [0.15, 0.2) is 34.8 Å². The van der Waals surface area contributed by atoms with Crippen LogP contribution in [0.3, 0.4) is 0 Å². The van der Waals surface area contributed by atoms with Crippen LogP contribution >= 0.6 is 34.8 Å². The lowest BCUT2D eigenvalue weighted by molar-refractivity contribution is -0.137. The highest BCUT2D eigenvalue weighted by Crippen LogP contribution is 2.26. The van der Waals surface area contributed by atoms with E-state index in [9.17, 15) is 4.79 Å². The Morgan fingerprint density at radius 1 is 1.31 bits per heavy atom. The molecule has 1 unspecified atom stereocenters. The van der Waals surface area contributed by atoms with Crippen molar-refractivity contribution in [3.63, 3.8) is 0 Å². The number of benzene rings is 1. The summed E-state index contributed by atoms with van der Waals surface area (Å²) in [5.74, 6) is -1.26. The van der Waals surface area contributed by atoms with Gasteiger partial charge in [0.2, 0.25) is 0 Å². The Kier molecular flexibility index (Phi) is 5.13. The first-order valence-electron chi connectivity index (χ1n) is 4.49. The van der Waals surface area contributed by atoms with Crippen molar-refractivity contribution in [2.75, 3.05) is 0 Å². The second-order valence-electron chi connectivity index (χ2n) is 3.21. The highest BCUT2D eigenvalue weighted by atomic mass is 35.5. The predicted molar refractivity (Wildman–Crippen MR) is 66.2 cm³/mol. The Hall–Kier alpha value is -0.700. The SMILES string of the molecule is O=C(O)CC(C=C(Cl)Cl)c1ccc(Cl)cc1. The van der Waals surface area contributed by atoms with E-state index in [1.807, 2.05) is 0 Å². The monoisotopic (exact) mass is 278 g/mol. The highest BCUT2D eigenvalue weighted by Gasteiger charge is 2.13. The molecule has 0 saturated carbocycles. The minimum absolute atomic E-state index is 0.0567. The van der Waals surface area contributed by atoms with Crippen molar-refractivity contribution in [3.8, 4) is 0 Å². The number of aliphatic carboxylic acids is 1. The van der Waals surface area contributed by atoms with Crippen LogP contribution in [-0.2, 0) is 4.79 Å². The Bertz CT molecular complexity index is 394. The lowest BCUT2D eigenvalue weighted by atomic mass is 9.96. The zero-order chi connectivity index (χ0) is 12.1. The van der Waals surface area contributed by atoms with Crippen molar-refractivity contribution in [2.45, 2.75) is 12.3 Å². The fourth-order valence-electron chi connectivity index (χ4n) is 1.32. The van der Waals surface area contributed by atoms with Gasteiger partial charge in [-0.25, -0.2) is 0 Å². The first-order chi connectivity index (χ1) is 7.49. The van der Waals surface area contributed by atoms with Gasteiger partial charge in [0.25, 0.3) is 0 Å². The summed E-state index contributed by atoms with van der Waals surface area (Å²) in [6.45, 7) is 0.